The summed E-state index contributed by atoms with van der Waals surface area (Å²) in [6.07, 6.45) is 5.50. The lowest BCUT2D eigenvalue weighted by atomic mass is 9.96. The Hall–Kier alpha value is -4.41. The number of amides is 1. The third-order valence-corrected chi connectivity index (χ3v) is 6.43. The van der Waals surface area contributed by atoms with E-state index in [0.717, 1.165) is 35.5 Å². The molecule has 5 rings (SSSR count). The molecule has 0 atom stereocenters. The van der Waals surface area contributed by atoms with Crippen LogP contribution >= 0.6 is 0 Å². The summed E-state index contributed by atoms with van der Waals surface area (Å²) in [5.74, 6) is 2.30. The molecule has 0 saturated carbocycles. The van der Waals surface area contributed by atoms with E-state index in [1.807, 2.05) is 24.0 Å². The van der Waals surface area contributed by atoms with Gasteiger partial charge in [0, 0.05) is 32.3 Å². The van der Waals surface area contributed by atoms with Crippen LogP contribution in [0.2, 0.25) is 0 Å². The average Bonchev–Trinajstić information content (AvgIpc) is 3.69. The van der Waals surface area contributed by atoms with Crippen molar-refractivity contribution in [2.24, 2.45) is 0 Å². The second-order valence-corrected chi connectivity index (χ2v) is 8.67. The van der Waals surface area contributed by atoms with Crippen LogP contribution in [0, 0.1) is 6.92 Å². The number of nitrogens with one attached hydrogen (secondary N) is 1. The fourth-order valence-electron chi connectivity index (χ4n) is 4.31. The minimum absolute atomic E-state index is 0.0751. The van der Waals surface area contributed by atoms with Crippen LogP contribution in [0.1, 0.15) is 42.2 Å². The number of oxazole rings is 1. The highest BCUT2D eigenvalue weighted by molar-refractivity contribution is 5.91. The molecule has 11 nitrogen and oxygen atoms in total. The Morgan fingerprint density at radius 1 is 1.27 bits per heavy atom. The first-order valence-corrected chi connectivity index (χ1v) is 12.3. The van der Waals surface area contributed by atoms with Gasteiger partial charge in [-0.2, -0.15) is 10.2 Å². The summed E-state index contributed by atoms with van der Waals surface area (Å²) in [7, 11) is 0. The lowest BCUT2D eigenvalue weighted by Gasteiger charge is -2.29. The van der Waals surface area contributed by atoms with Gasteiger partial charge in [0.25, 0.3) is 6.01 Å². The number of hydrogen-bond donors (Lipinski definition) is 1. The SMILES string of the molecule is CCN(CC)c1nc(COc2cc3c(cc2-c2nn[nH]n2)CCN(C(=O)/C=C/c2ccco2)C3)c(C)o1. The van der Waals surface area contributed by atoms with Gasteiger partial charge in [-0.15, -0.1) is 10.2 Å². The minimum atomic E-state index is -0.0751. The van der Waals surface area contributed by atoms with E-state index in [9.17, 15) is 4.79 Å². The molecule has 1 aliphatic heterocycles. The van der Waals surface area contributed by atoms with Crippen molar-refractivity contribution in [1.82, 2.24) is 30.5 Å². The van der Waals surface area contributed by atoms with E-state index < -0.39 is 0 Å². The number of carbonyl (C=O) groups excluding carboxylic acids is 1. The summed E-state index contributed by atoms with van der Waals surface area (Å²) >= 11 is 0. The van der Waals surface area contributed by atoms with Crippen molar-refractivity contribution in [3.63, 3.8) is 0 Å². The lowest BCUT2D eigenvalue weighted by molar-refractivity contribution is -0.126. The maximum absolute atomic E-state index is 12.8. The Labute approximate surface area is 214 Å². The maximum Gasteiger partial charge on any atom is 0.297 e. The molecule has 1 N–H and O–H groups in total. The summed E-state index contributed by atoms with van der Waals surface area (Å²) in [6.45, 7) is 8.89. The molecule has 4 aromatic rings. The van der Waals surface area contributed by atoms with Crippen LogP contribution in [0.15, 0.2) is 45.4 Å². The number of aryl methyl sites for hydroxylation is 1. The monoisotopic (exact) mass is 503 g/mol. The Morgan fingerprint density at radius 3 is 2.86 bits per heavy atom. The van der Waals surface area contributed by atoms with Gasteiger partial charge in [-0.3, -0.25) is 4.79 Å². The maximum atomic E-state index is 12.8. The van der Waals surface area contributed by atoms with E-state index in [1.165, 1.54) is 6.08 Å². The van der Waals surface area contributed by atoms with Gasteiger partial charge in [0.15, 0.2) is 0 Å². The fraction of sp³-hybridized carbons (Fsp3) is 0.346. The van der Waals surface area contributed by atoms with Crippen LogP contribution in [-0.2, 0) is 24.4 Å². The Morgan fingerprint density at radius 2 is 2.14 bits per heavy atom. The van der Waals surface area contributed by atoms with Crippen LogP contribution in [0.25, 0.3) is 17.5 Å². The molecule has 0 spiro atoms. The van der Waals surface area contributed by atoms with E-state index >= 15 is 0 Å². The number of aromatic amines is 1. The second kappa shape index (κ2) is 10.7. The number of aromatic nitrogens is 5. The predicted molar refractivity (Wildman–Crippen MR) is 136 cm³/mol. The van der Waals surface area contributed by atoms with E-state index in [4.69, 9.17) is 13.6 Å². The number of benzene rings is 1. The van der Waals surface area contributed by atoms with Crippen molar-refractivity contribution in [1.29, 1.82) is 0 Å². The molecule has 0 fully saturated rings. The highest BCUT2D eigenvalue weighted by Gasteiger charge is 2.24. The molecule has 1 aromatic carbocycles. The topological polar surface area (TPSA) is 126 Å². The summed E-state index contributed by atoms with van der Waals surface area (Å²) in [5.41, 5.74) is 3.58. The molecule has 4 heterocycles. The molecule has 0 saturated heterocycles. The van der Waals surface area contributed by atoms with Crippen molar-refractivity contribution in [3.8, 4) is 17.1 Å². The molecule has 0 unspecified atom stereocenters. The summed E-state index contributed by atoms with van der Waals surface area (Å²) in [5, 5.41) is 14.5. The highest BCUT2D eigenvalue weighted by atomic mass is 16.5. The molecule has 1 amide bonds. The normalized spacial score (nSPS) is 13.2. The first-order chi connectivity index (χ1) is 18.1. The lowest BCUT2D eigenvalue weighted by Crippen LogP contribution is -2.34. The molecule has 0 aliphatic carbocycles. The summed E-state index contributed by atoms with van der Waals surface area (Å²) in [6, 6.07) is 8.15. The van der Waals surface area contributed by atoms with Crippen LogP contribution in [0.3, 0.4) is 0 Å². The number of carbonyl (C=O) groups is 1. The van der Waals surface area contributed by atoms with Crippen molar-refractivity contribution in [2.75, 3.05) is 24.5 Å². The third kappa shape index (κ3) is 5.25. The molecule has 0 radical (unpaired) electrons. The smallest absolute Gasteiger partial charge is 0.297 e. The molecule has 11 heteroatoms. The molecule has 0 bridgehead atoms. The number of furan rings is 1. The number of fused-ring (bicyclic) bond motifs is 1. The van der Waals surface area contributed by atoms with Gasteiger partial charge in [-0.25, -0.2) is 0 Å². The van der Waals surface area contributed by atoms with Crippen molar-refractivity contribution < 1.29 is 18.4 Å². The number of nitrogens with zero attached hydrogens (tertiary/aromatic N) is 6. The Bertz CT molecular complexity index is 1370. The third-order valence-electron chi connectivity index (χ3n) is 6.43. The largest absolute Gasteiger partial charge is 0.486 e. The summed E-state index contributed by atoms with van der Waals surface area (Å²) in [4.78, 5) is 21.3. The van der Waals surface area contributed by atoms with Gasteiger partial charge in [-0.1, -0.05) is 0 Å². The zero-order chi connectivity index (χ0) is 25.8. The molecule has 192 valence electrons. The average molecular weight is 504 g/mol. The van der Waals surface area contributed by atoms with Crippen LogP contribution in [0.4, 0.5) is 6.01 Å². The van der Waals surface area contributed by atoms with Gasteiger partial charge >= 0.3 is 0 Å². The molecule has 37 heavy (non-hydrogen) atoms. The van der Waals surface area contributed by atoms with Crippen molar-refractivity contribution in [2.45, 2.75) is 40.3 Å². The van der Waals surface area contributed by atoms with Gasteiger partial charge in [0.05, 0.1) is 11.8 Å². The molecular weight excluding hydrogens is 474 g/mol. The van der Waals surface area contributed by atoms with Crippen molar-refractivity contribution >= 4 is 18.0 Å². The fourth-order valence-corrected chi connectivity index (χ4v) is 4.31. The van der Waals surface area contributed by atoms with Crippen LogP contribution in [-0.4, -0.2) is 56.0 Å². The first kappa shape index (κ1) is 24.3. The van der Waals surface area contributed by atoms with Gasteiger partial charge in [0.1, 0.15) is 29.6 Å². The number of hydrogen-bond acceptors (Lipinski definition) is 9. The van der Waals surface area contributed by atoms with Gasteiger partial charge in [-0.05, 0) is 73.9 Å². The number of rotatable bonds is 9. The number of ether oxygens (including phenoxy) is 1. The highest BCUT2D eigenvalue weighted by Crippen LogP contribution is 2.34. The van der Waals surface area contributed by atoms with E-state index in [-0.39, 0.29) is 12.5 Å². The predicted octanol–water partition coefficient (Wildman–Crippen LogP) is 3.78. The quantitative estimate of drug-likeness (QED) is 0.340. The number of anilines is 1. The van der Waals surface area contributed by atoms with E-state index in [1.54, 1.807) is 29.4 Å². The minimum Gasteiger partial charge on any atom is -0.486 e. The zero-order valence-electron chi connectivity index (χ0n) is 21.1. The molecular formula is C26H29N7O4. The van der Waals surface area contributed by atoms with E-state index in [0.29, 0.717) is 48.6 Å². The molecule has 3 aromatic heterocycles. The molecule has 1 aliphatic rings. The summed E-state index contributed by atoms with van der Waals surface area (Å²) < 4.78 is 17.4. The second-order valence-electron chi connectivity index (χ2n) is 8.67. The number of tetrazole rings is 1. The standard InChI is InChI=1S/C26H29N7O4/c1-4-32(5-2)26-27-22(17(3)37-26)16-36-23-14-19-15-33(24(34)9-8-20-7-6-12-35-20)11-10-18(19)13-21(23)25-28-30-31-29-25/h6-9,12-14H,4-5,10-11,15-16H2,1-3H3,(H,28,29,30,31)/b9-8+. The van der Waals surface area contributed by atoms with Gasteiger partial charge in [0.2, 0.25) is 11.7 Å². The number of H-pyrrole nitrogens is 1. The van der Waals surface area contributed by atoms with Gasteiger partial charge < -0.3 is 23.4 Å². The van der Waals surface area contributed by atoms with Crippen molar-refractivity contribution in [3.05, 3.63) is 64.9 Å². The zero-order valence-corrected chi connectivity index (χ0v) is 21.1. The van der Waals surface area contributed by atoms with Crippen LogP contribution < -0.4 is 9.64 Å². The Balaban J connectivity index is 1.38. The first-order valence-electron chi connectivity index (χ1n) is 12.3. The Kier molecular flexibility index (Phi) is 7.02. The van der Waals surface area contributed by atoms with E-state index in [2.05, 4.69) is 39.5 Å². The van der Waals surface area contributed by atoms with Crippen LogP contribution in [0.5, 0.6) is 5.75 Å².